The van der Waals surface area contributed by atoms with Crippen molar-refractivity contribution in [2.45, 2.75) is 24.2 Å². The van der Waals surface area contributed by atoms with Crippen molar-refractivity contribution in [1.82, 2.24) is 5.06 Å². The summed E-state index contributed by atoms with van der Waals surface area (Å²) in [6, 6.07) is 19.9. The van der Waals surface area contributed by atoms with Crippen molar-refractivity contribution in [2.75, 3.05) is 7.11 Å². The summed E-state index contributed by atoms with van der Waals surface area (Å²) in [7, 11) is 1.42. The second kappa shape index (κ2) is 10.9. The molecule has 8 nitrogen and oxygen atoms in total. The maximum atomic E-state index is 15.0. The van der Waals surface area contributed by atoms with Gasteiger partial charge in [0.15, 0.2) is 23.1 Å². The number of nitrogens with zero attached hydrogens (tertiary/aromatic N) is 1. The molecule has 2 fully saturated rings. The lowest BCUT2D eigenvalue weighted by molar-refractivity contribution is -0.173. The number of Topliss-reactive ketones (excluding diaryl/α,β-unsaturated/α-hetero) is 1. The highest BCUT2D eigenvalue weighted by atomic mass is 79.9. The number of hydrogen-bond donors (Lipinski definition) is 2. The van der Waals surface area contributed by atoms with Crippen molar-refractivity contribution in [1.29, 1.82) is 0 Å². The van der Waals surface area contributed by atoms with Gasteiger partial charge in [-0.1, -0.05) is 72.3 Å². The zero-order valence-electron chi connectivity index (χ0n) is 23.9. The van der Waals surface area contributed by atoms with E-state index in [4.69, 9.17) is 4.74 Å². The van der Waals surface area contributed by atoms with E-state index in [0.29, 0.717) is 25.6 Å². The quantitative estimate of drug-likeness (QED) is 0.188. The molecule has 0 aromatic heterocycles. The van der Waals surface area contributed by atoms with Gasteiger partial charge in [-0.15, -0.1) is 0 Å². The number of ether oxygens (including phenoxy) is 1. The number of aromatic hydroxyl groups is 1. The Balaban J connectivity index is 1.57. The van der Waals surface area contributed by atoms with Gasteiger partial charge in [-0.3, -0.25) is 24.4 Å². The number of carbonyl (C=O) groups excluding carboxylic acids is 4. The number of allylic oxidation sites excluding steroid dienone is 4. The molecule has 0 spiro atoms. The first-order valence-electron chi connectivity index (χ1n) is 14.6. The van der Waals surface area contributed by atoms with Crippen LogP contribution in [-0.2, 0) is 24.6 Å². The molecule has 1 aliphatic heterocycles. The van der Waals surface area contributed by atoms with Crippen molar-refractivity contribution in [3.05, 3.63) is 110 Å². The van der Waals surface area contributed by atoms with Crippen LogP contribution in [-0.4, -0.2) is 45.9 Å². The molecule has 3 aliphatic carbocycles. The fourth-order valence-corrected chi connectivity index (χ4v) is 9.14. The molecule has 1 saturated carbocycles. The van der Waals surface area contributed by atoms with Crippen LogP contribution in [0.4, 0.5) is 0 Å². The number of phenolic OH excluding ortho intramolecular Hbond substituents is 1. The first-order valence-corrected chi connectivity index (χ1v) is 16.1. The molecule has 3 aromatic rings. The van der Waals surface area contributed by atoms with Crippen molar-refractivity contribution in [3.8, 4) is 11.5 Å². The molecule has 2 N–H and O–H groups in total. The van der Waals surface area contributed by atoms with Crippen LogP contribution in [0.1, 0.15) is 35.4 Å². The molecule has 6 unspecified atom stereocenters. The Morgan fingerprint density at radius 3 is 2.24 bits per heavy atom. The van der Waals surface area contributed by atoms with Gasteiger partial charge >= 0.3 is 0 Å². The maximum Gasteiger partial charge on any atom is 0.257 e. The van der Waals surface area contributed by atoms with Crippen LogP contribution in [0.15, 0.2) is 93.4 Å². The summed E-state index contributed by atoms with van der Waals surface area (Å²) in [5.74, 6) is -5.91. The number of methoxy groups -OCH3 is 1. The van der Waals surface area contributed by atoms with Crippen LogP contribution < -0.4 is 4.74 Å². The van der Waals surface area contributed by atoms with Crippen LogP contribution >= 0.6 is 31.9 Å². The largest absolute Gasteiger partial charge is 0.503 e. The van der Waals surface area contributed by atoms with Gasteiger partial charge in [-0.05, 0) is 79.5 Å². The Morgan fingerprint density at radius 1 is 0.911 bits per heavy atom. The summed E-state index contributed by atoms with van der Waals surface area (Å²) < 4.78 is 6.30. The predicted octanol–water partition coefficient (Wildman–Crippen LogP) is 6.14. The van der Waals surface area contributed by atoms with Crippen LogP contribution in [0.25, 0.3) is 5.57 Å². The number of fused-ring (bicyclic) bond motifs is 4. The Morgan fingerprint density at radius 2 is 1.58 bits per heavy atom. The number of halogens is 2. The first kappa shape index (κ1) is 29.8. The lowest BCUT2D eigenvalue weighted by Crippen LogP contribution is -2.59. The highest BCUT2D eigenvalue weighted by molar-refractivity contribution is 9.13. The normalized spacial score (nSPS) is 29.1. The van der Waals surface area contributed by atoms with Crippen molar-refractivity contribution in [2.24, 2.45) is 23.7 Å². The molecular weight excluding hydrogens is 706 g/mol. The third-order valence-corrected chi connectivity index (χ3v) is 12.2. The van der Waals surface area contributed by atoms with Crippen LogP contribution in [0.5, 0.6) is 11.5 Å². The van der Waals surface area contributed by atoms with E-state index in [9.17, 15) is 24.7 Å². The average molecular weight is 733 g/mol. The molecule has 2 amide bonds. The van der Waals surface area contributed by atoms with E-state index in [1.165, 1.54) is 13.2 Å². The van der Waals surface area contributed by atoms with Crippen molar-refractivity contribution < 1.29 is 34.2 Å². The average Bonchev–Trinajstić information content (AvgIpc) is 3.29. The van der Waals surface area contributed by atoms with Gasteiger partial charge in [0.25, 0.3) is 11.8 Å². The molecule has 3 aromatic carbocycles. The van der Waals surface area contributed by atoms with E-state index < -0.39 is 46.8 Å². The molecule has 10 heteroatoms. The Labute approximate surface area is 275 Å². The van der Waals surface area contributed by atoms with Gasteiger partial charge < -0.3 is 9.84 Å². The fourth-order valence-electron chi connectivity index (χ4n) is 8.18. The molecule has 7 rings (SSSR count). The lowest BCUT2D eigenvalue weighted by Gasteiger charge is -2.55. The number of rotatable bonds is 4. The number of hydroxylamine groups is 2. The Hall–Kier alpha value is -3.86. The first-order chi connectivity index (χ1) is 21.6. The minimum Gasteiger partial charge on any atom is -0.503 e. The van der Waals surface area contributed by atoms with Gasteiger partial charge in [0.1, 0.15) is 0 Å². The minimum absolute atomic E-state index is 0.119. The number of hydrogen-bond acceptors (Lipinski definition) is 7. The number of amides is 2. The Kier molecular flexibility index (Phi) is 7.22. The van der Waals surface area contributed by atoms with Gasteiger partial charge in [-0.25, -0.2) is 0 Å². The standard InChI is InChI=1S/C35H27Br2NO7/c1-45-25-15-23(29(36)30(37)32(25)41)28-19-12-13-20-27(34(43)38(44)33(20)42)22(19)14-24-31(40)21(17-8-4-2-5-9-17)16-26(39)35(24,28)18-10-6-3-7-11-18/h2-12,15-16,20,22,24,27-28,41,44H,13-14H2,1H3. The summed E-state index contributed by atoms with van der Waals surface area (Å²) in [4.78, 5) is 56.3. The maximum absolute atomic E-state index is 15.0. The number of carbonyl (C=O) groups is 4. The SMILES string of the molecule is COc1cc(C2C3=CCC4C(=O)N(O)C(=O)C4C3CC3C(=O)C(c4ccccc4)=CC(=O)C32c2ccccc2)c(Br)c(Br)c1O. The van der Waals surface area contributed by atoms with E-state index in [0.717, 1.165) is 5.57 Å². The van der Waals surface area contributed by atoms with Gasteiger partial charge in [0, 0.05) is 21.9 Å². The molecule has 45 heavy (non-hydrogen) atoms. The van der Waals surface area contributed by atoms with Crippen molar-refractivity contribution in [3.63, 3.8) is 0 Å². The summed E-state index contributed by atoms with van der Waals surface area (Å²) >= 11 is 7.14. The molecule has 228 valence electrons. The Bertz CT molecular complexity index is 1850. The second-order valence-corrected chi connectivity index (χ2v) is 13.5. The smallest absolute Gasteiger partial charge is 0.257 e. The molecule has 0 radical (unpaired) electrons. The molecule has 1 heterocycles. The van der Waals surface area contributed by atoms with E-state index in [1.54, 1.807) is 30.3 Å². The highest BCUT2D eigenvalue weighted by Gasteiger charge is 2.66. The number of benzene rings is 3. The van der Waals surface area contributed by atoms with E-state index in [-0.39, 0.29) is 46.5 Å². The van der Waals surface area contributed by atoms with E-state index in [2.05, 4.69) is 31.9 Å². The molecule has 4 aliphatic rings. The van der Waals surface area contributed by atoms with Gasteiger partial charge in [-0.2, -0.15) is 5.06 Å². The van der Waals surface area contributed by atoms with Crippen LogP contribution in [0.3, 0.4) is 0 Å². The summed E-state index contributed by atoms with van der Waals surface area (Å²) in [5, 5.41) is 21.5. The summed E-state index contributed by atoms with van der Waals surface area (Å²) in [5.41, 5.74) is 1.38. The van der Waals surface area contributed by atoms with E-state index >= 15 is 4.79 Å². The molecule has 0 bridgehead atoms. The van der Waals surface area contributed by atoms with Gasteiger partial charge in [0.05, 0.1) is 28.8 Å². The second-order valence-electron chi connectivity index (χ2n) is 11.9. The summed E-state index contributed by atoms with van der Waals surface area (Å²) in [6.07, 6.45) is 3.65. The fraction of sp³-hybridized carbons (Fsp3) is 0.257. The molecular formula is C35H27Br2NO7. The monoisotopic (exact) mass is 731 g/mol. The number of imide groups is 1. The van der Waals surface area contributed by atoms with Crippen molar-refractivity contribution >= 4 is 60.8 Å². The summed E-state index contributed by atoms with van der Waals surface area (Å²) in [6.45, 7) is 0. The minimum atomic E-state index is -1.44. The highest BCUT2D eigenvalue weighted by Crippen LogP contribution is 2.65. The zero-order valence-corrected chi connectivity index (χ0v) is 27.1. The zero-order chi connectivity index (χ0) is 31.8. The van der Waals surface area contributed by atoms with Gasteiger partial charge in [0.2, 0.25) is 0 Å². The van der Waals surface area contributed by atoms with Crippen LogP contribution in [0.2, 0.25) is 0 Å². The topological polar surface area (TPSA) is 121 Å². The molecule has 6 atom stereocenters. The predicted molar refractivity (Wildman–Crippen MR) is 170 cm³/mol. The third kappa shape index (κ3) is 4.11. The number of ketones is 2. The third-order valence-electron chi connectivity index (χ3n) is 10.1. The number of phenols is 1. The lowest BCUT2D eigenvalue weighted by atomic mass is 9.44. The molecule has 1 saturated heterocycles. The van der Waals surface area contributed by atoms with Crippen LogP contribution in [0, 0.1) is 23.7 Å². The van der Waals surface area contributed by atoms with E-state index in [1.807, 2.05) is 42.5 Å².